The largest absolute Gasteiger partial charge is 0.489 e. The van der Waals surface area contributed by atoms with Crippen LogP contribution in [0.2, 0.25) is 0 Å². The first-order valence-corrected chi connectivity index (χ1v) is 13.4. The summed E-state index contributed by atoms with van der Waals surface area (Å²) in [6.07, 6.45) is 5.87. The summed E-state index contributed by atoms with van der Waals surface area (Å²) in [6, 6.07) is 12.4. The van der Waals surface area contributed by atoms with Gasteiger partial charge in [0.1, 0.15) is 25.6 Å². The highest BCUT2D eigenvalue weighted by Crippen LogP contribution is 2.35. The Morgan fingerprint density at radius 1 is 0.949 bits per heavy atom. The van der Waals surface area contributed by atoms with Crippen LogP contribution in [0.1, 0.15) is 29.6 Å². The highest BCUT2D eigenvalue weighted by atomic mass is 16.6. The summed E-state index contributed by atoms with van der Waals surface area (Å²) in [5.74, 6) is 1.32. The maximum Gasteiger partial charge on any atom is 0.255 e. The zero-order valence-electron chi connectivity index (χ0n) is 21.9. The molecule has 1 fully saturated rings. The van der Waals surface area contributed by atoms with Gasteiger partial charge in [0.05, 0.1) is 17.5 Å². The van der Waals surface area contributed by atoms with Crippen LogP contribution in [0, 0.1) is 5.41 Å². The van der Waals surface area contributed by atoms with Crippen LogP contribution in [-0.2, 0) is 9.59 Å². The third-order valence-corrected chi connectivity index (χ3v) is 7.17. The van der Waals surface area contributed by atoms with Gasteiger partial charge < -0.3 is 30.2 Å². The molecule has 1 atom stereocenters. The monoisotopic (exact) mass is 534 g/mol. The van der Waals surface area contributed by atoms with E-state index in [0.29, 0.717) is 74.2 Å². The van der Waals surface area contributed by atoms with Crippen molar-refractivity contribution in [2.45, 2.75) is 19.3 Å². The number of ether oxygens (including phenoxy) is 3. The summed E-state index contributed by atoms with van der Waals surface area (Å²) < 4.78 is 17.0. The summed E-state index contributed by atoms with van der Waals surface area (Å²) >= 11 is 0. The minimum atomic E-state index is -0.682. The number of hydrogen-bond donors (Lipinski definition) is 3. The van der Waals surface area contributed by atoms with Crippen LogP contribution >= 0.6 is 0 Å². The molecule has 3 aliphatic heterocycles. The van der Waals surface area contributed by atoms with Crippen LogP contribution in [0.25, 0.3) is 0 Å². The van der Waals surface area contributed by atoms with Gasteiger partial charge in [0.25, 0.3) is 5.91 Å². The molecule has 1 spiro atoms. The Hall–Kier alpha value is -4.05. The van der Waals surface area contributed by atoms with E-state index in [2.05, 4.69) is 16.0 Å². The van der Waals surface area contributed by atoms with Gasteiger partial charge in [-0.2, -0.15) is 0 Å². The van der Waals surface area contributed by atoms with Crippen molar-refractivity contribution in [3.05, 3.63) is 60.2 Å². The summed E-state index contributed by atoms with van der Waals surface area (Å²) in [5.41, 5.74) is 0.416. The minimum Gasteiger partial charge on any atom is -0.489 e. The molecular weight excluding hydrogens is 500 g/mol. The number of hydrogen-bond acceptors (Lipinski definition) is 7. The fourth-order valence-electron chi connectivity index (χ4n) is 5.26. The highest BCUT2D eigenvalue weighted by Gasteiger charge is 2.41. The van der Waals surface area contributed by atoms with Gasteiger partial charge in [-0.1, -0.05) is 24.3 Å². The van der Waals surface area contributed by atoms with E-state index in [0.717, 1.165) is 13.0 Å². The molecule has 0 aliphatic carbocycles. The molecular formula is C29H34N4O6. The number of nitrogens with zero attached hydrogens (tertiary/aromatic N) is 1. The van der Waals surface area contributed by atoms with Gasteiger partial charge in [-0.3, -0.25) is 19.3 Å². The summed E-state index contributed by atoms with van der Waals surface area (Å²) in [6.45, 7) is 3.22. The molecule has 3 aliphatic rings. The smallest absolute Gasteiger partial charge is 0.255 e. The first kappa shape index (κ1) is 26.6. The van der Waals surface area contributed by atoms with Gasteiger partial charge in [0.2, 0.25) is 11.8 Å². The molecule has 2 aromatic carbocycles. The van der Waals surface area contributed by atoms with Crippen molar-refractivity contribution in [1.82, 2.24) is 15.5 Å². The van der Waals surface area contributed by atoms with Crippen molar-refractivity contribution in [1.29, 1.82) is 0 Å². The predicted molar refractivity (Wildman–Crippen MR) is 145 cm³/mol. The maximum absolute atomic E-state index is 13.5. The quantitative estimate of drug-likeness (QED) is 0.518. The zero-order chi connectivity index (χ0) is 27.1. The predicted octanol–water partition coefficient (Wildman–Crippen LogP) is 2.36. The lowest BCUT2D eigenvalue weighted by molar-refractivity contribution is -0.135. The number of likely N-dealkylation sites (tertiary alicyclic amines) is 1. The van der Waals surface area contributed by atoms with E-state index in [1.807, 2.05) is 23.1 Å². The number of piperidine rings is 1. The molecule has 3 N–H and O–H groups in total. The molecule has 0 aromatic heterocycles. The van der Waals surface area contributed by atoms with Crippen LogP contribution in [0.3, 0.4) is 0 Å². The van der Waals surface area contributed by atoms with Crippen LogP contribution in [-0.4, -0.2) is 75.2 Å². The van der Waals surface area contributed by atoms with E-state index in [1.54, 1.807) is 36.4 Å². The Bertz CT molecular complexity index is 1250. The van der Waals surface area contributed by atoms with Crippen molar-refractivity contribution in [3.63, 3.8) is 0 Å². The van der Waals surface area contributed by atoms with Gasteiger partial charge in [-0.15, -0.1) is 0 Å². The highest BCUT2D eigenvalue weighted by molar-refractivity contribution is 5.97. The van der Waals surface area contributed by atoms with E-state index in [-0.39, 0.29) is 30.9 Å². The van der Waals surface area contributed by atoms with E-state index >= 15 is 0 Å². The molecule has 5 rings (SSSR count). The number of amides is 3. The van der Waals surface area contributed by atoms with Gasteiger partial charge >= 0.3 is 0 Å². The van der Waals surface area contributed by atoms with Crippen LogP contribution in [0.4, 0.5) is 5.69 Å². The maximum atomic E-state index is 13.5. The molecule has 0 bridgehead atoms. The third-order valence-electron chi connectivity index (χ3n) is 7.17. The van der Waals surface area contributed by atoms with Crippen molar-refractivity contribution in [2.75, 3.05) is 57.9 Å². The number of allylic oxidation sites excluding steroid dienone is 1. The lowest BCUT2D eigenvalue weighted by Crippen LogP contribution is -2.53. The van der Waals surface area contributed by atoms with E-state index in [1.165, 1.54) is 0 Å². The zero-order valence-corrected chi connectivity index (χ0v) is 21.9. The first-order valence-electron chi connectivity index (χ1n) is 13.4. The van der Waals surface area contributed by atoms with E-state index in [4.69, 9.17) is 14.2 Å². The number of benzene rings is 2. The molecule has 10 heteroatoms. The SMILES string of the molecule is O=C(CN1CCCC2(C/C=C\COc3ccccc3C(=O)NCCNC2=O)C1)Nc1ccc2c(c1)OCCO2. The molecule has 39 heavy (non-hydrogen) atoms. The van der Waals surface area contributed by atoms with Crippen LogP contribution in [0.15, 0.2) is 54.6 Å². The molecule has 3 heterocycles. The lowest BCUT2D eigenvalue weighted by atomic mass is 9.76. The molecule has 10 nitrogen and oxygen atoms in total. The van der Waals surface area contributed by atoms with Crippen molar-refractivity contribution < 1.29 is 28.6 Å². The number of carbonyl (C=O) groups excluding carboxylic acids is 3. The van der Waals surface area contributed by atoms with Crippen molar-refractivity contribution in [2.24, 2.45) is 5.41 Å². The second-order valence-corrected chi connectivity index (χ2v) is 10.00. The minimum absolute atomic E-state index is 0.0725. The first-order chi connectivity index (χ1) is 19.0. The number of carbonyl (C=O) groups is 3. The van der Waals surface area contributed by atoms with Gasteiger partial charge in [0, 0.05) is 31.4 Å². The fourth-order valence-corrected chi connectivity index (χ4v) is 5.26. The standard InChI is InChI=1S/C29H34N4O6/c34-26(32-21-8-9-24-25(18-21)39-17-16-38-24)19-33-14-5-11-29(20-33)10-3-4-15-37-23-7-2-1-6-22(23)27(35)30-12-13-31-28(29)36/h1-4,6-9,18H,5,10-17,19-20H2,(H,30,35)(H,31,36)(H,32,34)/b4-3-. The van der Waals surface area contributed by atoms with Gasteiger partial charge in [-0.05, 0) is 50.1 Å². The Labute approximate surface area is 227 Å². The Kier molecular flexibility index (Phi) is 8.31. The molecule has 1 unspecified atom stereocenters. The normalized spacial score (nSPS) is 22.9. The number of nitrogens with one attached hydrogen (secondary N) is 3. The summed E-state index contributed by atoms with van der Waals surface area (Å²) in [5, 5.41) is 8.80. The number of anilines is 1. The van der Waals surface area contributed by atoms with E-state index < -0.39 is 5.41 Å². The summed E-state index contributed by atoms with van der Waals surface area (Å²) in [7, 11) is 0. The lowest BCUT2D eigenvalue weighted by Gasteiger charge is -2.41. The second-order valence-electron chi connectivity index (χ2n) is 10.00. The average Bonchev–Trinajstić information content (AvgIpc) is 2.94. The van der Waals surface area contributed by atoms with Crippen LogP contribution < -0.4 is 30.2 Å². The van der Waals surface area contributed by atoms with E-state index in [9.17, 15) is 14.4 Å². The molecule has 3 amide bonds. The topological polar surface area (TPSA) is 118 Å². The molecule has 0 saturated carbocycles. The number of para-hydroxylation sites is 1. The Balaban J connectivity index is 1.24. The second kappa shape index (κ2) is 12.2. The number of rotatable bonds is 3. The number of fused-ring (bicyclic) bond motifs is 2. The van der Waals surface area contributed by atoms with Crippen molar-refractivity contribution in [3.8, 4) is 17.2 Å². The third kappa shape index (κ3) is 6.51. The molecule has 1 saturated heterocycles. The Morgan fingerprint density at radius 3 is 2.67 bits per heavy atom. The van der Waals surface area contributed by atoms with Crippen LogP contribution in [0.5, 0.6) is 17.2 Å². The molecule has 206 valence electrons. The molecule has 0 radical (unpaired) electrons. The van der Waals surface area contributed by atoms with Crippen molar-refractivity contribution >= 4 is 23.4 Å². The Morgan fingerprint density at radius 2 is 1.77 bits per heavy atom. The van der Waals surface area contributed by atoms with Gasteiger partial charge in [-0.25, -0.2) is 0 Å². The van der Waals surface area contributed by atoms with Gasteiger partial charge in [0.15, 0.2) is 11.5 Å². The average molecular weight is 535 g/mol. The fraction of sp³-hybridized carbons (Fsp3) is 0.414. The molecule has 2 aromatic rings. The summed E-state index contributed by atoms with van der Waals surface area (Å²) in [4.78, 5) is 41.0.